The van der Waals surface area contributed by atoms with Crippen LogP contribution in [0.1, 0.15) is 17.5 Å². The van der Waals surface area contributed by atoms with E-state index in [1.165, 1.54) is 0 Å². The second-order valence-electron chi connectivity index (χ2n) is 4.60. The molecular formula is C12H11BrF2N2O. The molecule has 0 aromatic heterocycles. The zero-order valence-corrected chi connectivity index (χ0v) is 11.0. The Morgan fingerprint density at radius 3 is 2.94 bits per heavy atom. The maximum atomic E-state index is 14.2. The van der Waals surface area contributed by atoms with Gasteiger partial charge in [0.1, 0.15) is 0 Å². The third kappa shape index (κ3) is 1.48. The predicted molar refractivity (Wildman–Crippen MR) is 66.7 cm³/mol. The number of rotatable bonds is 0. The first-order valence-corrected chi connectivity index (χ1v) is 6.39. The molecule has 1 heterocycles. The summed E-state index contributed by atoms with van der Waals surface area (Å²) in [4.78, 5) is 3.95. The lowest BCUT2D eigenvalue weighted by Crippen LogP contribution is -2.51. The van der Waals surface area contributed by atoms with Crippen molar-refractivity contribution in [1.29, 1.82) is 0 Å². The zero-order chi connectivity index (χ0) is 13.0. The Morgan fingerprint density at radius 1 is 1.39 bits per heavy atom. The number of hydrogen-bond acceptors (Lipinski definition) is 3. The number of nitrogens with zero attached hydrogens (tertiary/aromatic N) is 1. The molecule has 1 aliphatic carbocycles. The van der Waals surface area contributed by atoms with Crippen LogP contribution < -0.4 is 5.73 Å². The lowest BCUT2D eigenvalue weighted by Gasteiger charge is -2.37. The summed E-state index contributed by atoms with van der Waals surface area (Å²) in [5, 5.41) is 0. The SMILES string of the molecule is NC1=NC2(CCc3ccc(Br)cc32)C(F)(F)CO1. The summed E-state index contributed by atoms with van der Waals surface area (Å²) in [6, 6.07) is 5.25. The molecule has 18 heavy (non-hydrogen) atoms. The highest BCUT2D eigenvalue weighted by molar-refractivity contribution is 9.10. The lowest BCUT2D eigenvalue weighted by atomic mass is 9.85. The number of aryl methyl sites for hydroxylation is 1. The molecule has 1 spiro atoms. The molecule has 1 unspecified atom stereocenters. The van der Waals surface area contributed by atoms with Crippen molar-refractivity contribution in [2.75, 3.05) is 6.61 Å². The van der Waals surface area contributed by atoms with Gasteiger partial charge in [-0.15, -0.1) is 0 Å². The van der Waals surface area contributed by atoms with Crippen molar-refractivity contribution in [2.24, 2.45) is 10.7 Å². The maximum Gasteiger partial charge on any atom is 0.310 e. The van der Waals surface area contributed by atoms with Crippen molar-refractivity contribution >= 4 is 22.0 Å². The van der Waals surface area contributed by atoms with Gasteiger partial charge in [0.15, 0.2) is 12.1 Å². The number of nitrogens with two attached hydrogens (primary N) is 1. The molecule has 0 bridgehead atoms. The average molecular weight is 317 g/mol. The Labute approximate surface area is 111 Å². The van der Waals surface area contributed by atoms with Gasteiger partial charge >= 0.3 is 5.92 Å². The molecule has 3 nitrogen and oxygen atoms in total. The van der Waals surface area contributed by atoms with E-state index in [1.54, 1.807) is 6.07 Å². The van der Waals surface area contributed by atoms with Crippen LogP contribution in [0.2, 0.25) is 0 Å². The van der Waals surface area contributed by atoms with E-state index >= 15 is 0 Å². The summed E-state index contributed by atoms with van der Waals surface area (Å²) in [6.45, 7) is -0.714. The van der Waals surface area contributed by atoms with Crippen LogP contribution in [0.5, 0.6) is 0 Å². The van der Waals surface area contributed by atoms with Crippen molar-refractivity contribution in [2.45, 2.75) is 24.3 Å². The Bertz CT molecular complexity index is 547. The molecule has 0 saturated carbocycles. The largest absolute Gasteiger partial charge is 0.459 e. The smallest absolute Gasteiger partial charge is 0.310 e. The summed E-state index contributed by atoms with van der Waals surface area (Å²) >= 11 is 3.31. The summed E-state index contributed by atoms with van der Waals surface area (Å²) in [7, 11) is 0. The standard InChI is InChI=1S/C12H11BrF2N2O/c13-8-2-1-7-3-4-11(9(7)5-8)12(14,15)6-18-10(16)17-11/h1-2,5H,3-4,6H2,(H2,16,17). The van der Waals surface area contributed by atoms with Gasteiger partial charge in [-0.05, 0) is 36.1 Å². The summed E-state index contributed by atoms with van der Waals surface area (Å²) in [5.74, 6) is -3.04. The van der Waals surface area contributed by atoms with Gasteiger partial charge in [0.25, 0.3) is 6.02 Å². The van der Waals surface area contributed by atoms with Crippen LogP contribution in [0, 0.1) is 0 Å². The molecule has 2 N–H and O–H groups in total. The number of fused-ring (bicyclic) bond motifs is 2. The second-order valence-corrected chi connectivity index (χ2v) is 5.52. The average Bonchev–Trinajstić information content (AvgIpc) is 2.65. The van der Waals surface area contributed by atoms with Gasteiger partial charge in [-0.3, -0.25) is 0 Å². The second kappa shape index (κ2) is 3.66. The molecule has 1 atom stereocenters. The van der Waals surface area contributed by atoms with Gasteiger partial charge < -0.3 is 10.5 Å². The highest BCUT2D eigenvalue weighted by Crippen LogP contribution is 2.52. The van der Waals surface area contributed by atoms with Crippen LogP contribution in [0.15, 0.2) is 27.7 Å². The summed E-state index contributed by atoms with van der Waals surface area (Å²) in [6.07, 6.45) is 0.838. The fourth-order valence-electron chi connectivity index (χ4n) is 2.68. The first-order chi connectivity index (χ1) is 8.45. The molecule has 1 aromatic carbocycles. The topological polar surface area (TPSA) is 47.6 Å². The summed E-state index contributed by atoms with van der Waals surface area (Å²) < 4.78 is 33.9. The number of halogens is 3. The van der Waals surface area contributed by atoms with Gasteiger partial charge in [-0.1, -0.05) is 22.0 Å². The normalized spacial score (nSPS) is 28.7. The molecule has 0 saturated heterocycles. The fourth-order valence-corrected chi connectivity index (χ4v) is 3.05. The van der Waals surface area contributed by atoms with E-state index in [2.05, 4.69) is 20.9 Å². The number of hydrogen-bond donors (Lipinski definition) is 1. The van der Waals surface area contributed by atoms with E-state index in [0.29, 0.717) is 12.0 Å². The summed E-state index contributed by atoms with van der Waals surface area (Å²) in [5.41, 5.74) is 5.38. The van der Waals surface area contributed by atoms with Gasteiger partial charge in [-0.25, -0.2) is 4.99 Å². The van der Waals surface area contributed by atoms with E-state index in [9.17, 15) is 8.78 Å². The Balaban J connectivity index is 2.23. The van der Waals surface area contributed by atoms with Gasteiger partial charge in [-0.2, -0.15) is 8.78 Å². The molecular weight excluding hydrogens is 306 g/mol. The lowest BCUT2D eigenvalue weighted by molar-refractivity contribution is -0.121. The first kappa shape index (κ1) is 11.9. The molecule has 1 aromatic rings. The minimum Gasteiger partial charge on any atom is -0.459 e. The number of aliphatic imine (C=N–C) groups is 1. The van der Waals surface area contributed by atoms with E-state index in [0.717, 1.165) is 10.0 Å². The van der Waals surface area contributed by atoms with Crippen LogP contribution in [0.25, 0.3) is 0 Å². The van der Waals surface area contributed by atoms with Crippen LogP contribution >= 0.6 is 15.9 Å². The number of benzene rings is 1. The van der Waals surface area contributed by atoms with Crippen molar-refractivity contribution in [3.8, 4) is 0 Å². The van der Waals surface area contributed by atoms with Gasteiger partial charge in [0, 0.05) is 4.47 Å². The number of ether oxygens (including phenoxy) is 1. The Kier molecular flexibility index (Phi) is 2.42. The molecule has 0 fully saturated rings. The monoisotopic (exact) mass is 316 g/mol. The molecule has 0 amide bonds. The number of alkyl halides is 2. The van der Waals surface area contributed by atoms with Gasteiger partial charge in [0.2, 0.25) is 0 Å². The minimum absolute atomic E-state index is 0.159. The Hall–Kier alpha value is -1.17. The predicted octanol–water partition coefficient (Wildman–Crippen LogP) is 2.57. The van der Waals surface area contributed by atoms with Crippen molar-refractivity contribution in [1.82, 2.24) is 0 Å². The minimum atomic E-state index is -3.04. The van der Waals surface area contributed by atoms with E-state index < -0.39 is 18.1 Å². The van der Waals surface area contributed by atoms with Crippen molar-refractivity contribution in [3.05, 3.63) is 33.8 Å². The van der Waals surface area contributed by atoms with Crippen LogP contribution in [-0.2, 0) is 16.7 Å². The molecule has 0 radical (unpaired) electrons. The first-order valence-electron chi connectivity index (χ1n) is 5.59. The molecule has 3 rings (SSSR count). The third-order valence-electron chi connectivity index (χ3n) is 3.58. The quantitative estimate of drug-likeness (QED) is 0.799. The fraction of sp³-hybridized carbons (Fsp3) is 0.417. The van der Waals surface area contributed by atoms with Gasteiger partial charge in [0.05, 0.1) is 0 Å². The van der Waals surface area contributed by atoms with E-state index in [-0.39, 0.29) is 12.4 Å². The highest BCUT2D eigenvalue weighted by Gasteiger charge is 2.60. The molecule has 1 aliphatic heterocycles. The third-order valence-corrected chi connectivity index (χ3v) is 4.07. The highest BCUT2D eigenvalue weighted by atomic mass is 79.9. The van der Waals surface area contributed by atoms with Crippen molar-refractivity contribution < 1.29 is 13.5 Å². The van der Waals surface area contributed by atoms with Crippen LogP contribution in [0.4, 0.5) is 8.78 Å². The van der Waals surface area contributed by atoms with E-state index in [4.69, 9.17) is 10.5 Å². The van der Waals surface area contributed by atoms with Crippen LogP contribution in [0.3, 0.4) is 0 Å². The van der Waals surface area contributed by atoms with Crippen LogP contribution in [-0.4, -0.2) is 18.6 Å². The Morgan fingerprint density at radius 2 is 2.17 bits per heavy atom. The number of amidine groups is 1. The maximum absolute atomic E-state index is 14.2. The molecule has 6 heteroatoms. The zero-order valence-electron chi connectivity index (χ0n) is 9.42. The molecule has 2 aliphatic rings. The van der Waals surface area contributed by atoms with E-state index in [1.807, 2.05) is 12.1 Å². The van der Waals surface area contributed by atoms with Crippen molar-refractivity contribution in [3.63, 3.8) is 0 Å². The molecule has 96 valence electrons.